The standard InChI is InChI=1S/C20H24N4O4S2/c1-2-3-4-13-5-6-15-17(11-13)29-20(21-15)22-19(26)16-7-8-18(25)24(23-16)14-9-10-30(27,28)12-14/h5-6,11,14H,2-4,7-10,12H2,1H3,(H,21,22,26). The summed E-state index contributed by atoms with van der Waals surface area (Å²) < 4.78 is 24.5. The number of hydrogen-bond donors (Lipinski definition) is 1. The van der Waals surface area contributed by atoms with Crippen LogP contribution in [0.2, 0.25) is 0 Å². The number of carbonyl (C=O) groups excluding carboxylic acids is 2. The Hall–Kier alpha value is -2.33. The monoisotopic (exact) mass is 448 g/mol. The van der Waals surface area contributed by atoms with Gasteiger partial charge in [-0.1, -0.05) is 30.7 Å². The van der Waals surface area contributed by atoms with Crippen LogP contribution in [-0.2, 0) is 25.8 Å². The molecule has 2 aliphatic heterocycles. The largest absolute Gasteiger partial charge is 0.297 e. The summed E-state index contributed by atoms with van der Waals surface area (Å²) in [5, 5.41) is 8.68. The van der Waals surface area contributed by atoms with Crippen LogP contribution in [0, 0.1) is 0 Å². The number of nitrogens with zero attached hydrogens (tertiary/aromatic N) is 3. The number of sulfone groups is 1. The lowest BCUT2D eigenvalue weighted by atomic mass is 10.1. The quantitative estimate of drug-likeness (QED) is 0.731. The highest BCUT2D eigenvalue weighted by Gasteiger charge is 2.37. The number of aromatic nitrogens is 1. The third-order valence-electron chi connectivity index (χ3n) is 5.37. The molecular formula is C20H24N4O4S2. The maximum atomic E-state index is 12.7. The Morgan fingerprint density at radius 2 is 2.17 bits per heavy atom. The number of nitrogens with one attached hydrogen (secondary N) is 1. The Balaban J connectivity index is 1.48. The minimum absolute atomic E-state index is 0.0461. The van der Waals surface area contributed by atoms with E-state index in [1.54, 1.807) is 0 Å². The number of aryl methyl sites for hydroxylation is 1. The predicted octanol–water partition coefficient (Wildman–Crippen LogP) is 2.74. The van der Waals surface area contributed by atoms with Gasteiger partial charge in [-0.05, 0) is 37.0 Å². The van der Waals surface area contributed by atoms with Crippen molar-refractivity contribution in [3.8, 4) is 0 Å². The van der Waals surface area contributed by atoms with Crippen molar-refractivity contribution < 1.29 is 18.0 Å². The number of hydrazone groups is 1. The fourth-order valence-corrected chi connectivity index (χ4v) is 6.33. The number of unbranched alkanes of at least 4 members (excludes halogenated alkanes) is 1. The van der Waals surface area contributed by atoms with Gasteiger partial charge in [-0.25, -0.2) is 18.4 Å². The number of rotatable bonds is 6. The van der Waals surface area contributed by atoms with Crippen LogP contribution < -0.4 is 5.32 Å². The lowest BCUT2D eigenvalue weighted by Crippen LogP contribution is -2.42. The molecule has 2 aliphatic rings. The van der Waals surface area contributed by atoms with Crippen LogP contribution >= 0.6 is 11.3 Å². The second-order valence-corrected chi connectivity index (χ2v) is 11.0. The van der Waals surface area contributed by atoms with Crippen molar-refractivity contribution in [3.05, 3.63) is 23.8 Å². The molecule has 10 heteroatoms. The molecule has 8 nitrogen and oxygen atoms in total. The second kappa shape index (κ2) is 8.43. The van der Waals surface area contributed by atoms with Crippen LogP contribution in [0.15, 0.2) is 23.3 Å². The van der Waals surface area contributed by atoms with Crippen molar-refractivity contribution in [2.45, 2.75) is 51.5 Å². The van der Waals surface area contributed by atoms with E-state index >= 15 is 0 Å². The molecule has 0 aliphatic carbocycles. The van der Waals surface area contributed by atoms with Crippen molar-refractivity contribution in [2.24, 2.45) is 5.10 Å². The highest BCUT2D eigenvalue weighted by atomic mass is 32.2. The van der Waals surface area contributed by atoms with Gasteiger partial charge in [-0.3, -0.25) is 14.9 Å². The molecule has 1 unspecified atom stereocenters. The summed E-state index contributed by atoms with van der Waals surface area (Å²) in [6.45, 7) is 2.16. The minimum atomic E-state index is -3.15. The first-order valence-corrected chi connectivity index (χ1v) is 12.8. The minimum Gasteiger partial charge on any atom is -0.297 e. The van der Waals surface area contributed by atoms with E-state index in [1.807, 2.05) is 6.07 Å². The van der Waals surface area contributed by atoms with Gasteiger partial charge < -0.3 is 0 Å². The van der Waals surface area contributed by atoms with Crippen LogP contribution in [0.3, 0.4) is 0 Å². The van der Waals surface area contributed by atoms with Crippen LogP contribution in [0.4, 0.5) is 5.13 Å². The fourth-order valence-electron chi connectivity index (χ4n) is 3.72. The first-order valence-electron chi connectivity index (χ1n) is 10.2. The smallest absolute Gasteiger partial charge is 0.273 e. The maximum Gasteiger partial charge on any atom is 0.273 e. The fraction of sp³-hybridized carbons (Fsp3) is 0.500. The lowest BCUT2D eigenvalue weighted by Gasteiger charge is -2.27. The molecule has 2 amide bonds. The SMILES string of the molecule is CCCCc1ccc2nc(NC(=O)C3=NN(C4CCS(=O)(=O)C4)C(=O)CC3)sc2c1. The molecule has 30 heavy (non-hydrogen) atoms. The van der Waals surface area contributed by atoms with Crippen LogP contribution in [0.25, 0.3) is 10.2 Å². The molecular weight excluding hydrogens is 424 g/mol. The Morgan fingerprint density at radius 1 is 1.33 bits per heavy atom. The van der Waals surface area contributed by atoms with Crippen molar-refractivity contribution in [1.82, 2.24) is 9.99 Å². The summed E-state index contributed by atoms with van der Waals surface area (Å²) in [7, 11) is -3.15. The zero-order valence-corrected chi connectivity index (χ0v) is 18.4. The average Bonchev–Trinajstić information content (AvgIpc) is 3.28. The molecule has 160 valence electrons. The molecule has 0 radical (unpaired) electrons. The Morgan fingerprint density at radius 3 is 2.90 bits per heavy atom. The average molecular weight is 449 g/mol. The van der Waals surface area contributed by atoms with Gasteiger partial charge in [0.25, 0.3) is 5.91 Å². The topological polar surface area (TPSA) is 109 Å². The third kappa shape index (κ3) is 4.54. The summed E-state index contributed by atoms with van der Waals surface area (Å²) in [4.78, 5) is 29.4. The zero-order valence-electron chi connectivity index (χ0n) is 16.8. The number of hydrogen-bond acceptors (Lipinski definition) is 7. The third-order valence-corrected chi connectivity index (χ3v) is 8.05. The van der Waals surface area contributed by atoms with Crippen LogP contribution in [0.5, 0.6) is 0 Å². The summed E-state index contributed by atoms with van der Waals surface area (Å²) >= 11 is 1.41. The molecule has 0 spiro atoms. The van der Waals surface area contributed by atoms with Crippen molar-refractivity contribution in [3.63, 3.8) is 0 Å². The van der Waals surface area contributed by atoms with Gasteiger partial charge in [0.15, 0.2) is 15.0 Å². The van der Waals surface area contributed by atoms with Crippen LogP contribution in [0.1, 0.15) is 44.6 Å². The summed E-state index contributed by atoms with van der Waals surface area (Å²) in [5.74, 6) is -0.702. The van der Waals surface area contributed by atoms with Gasteiger partial charge in [-0.15, -0.1) is 0 Å². The Bertz CT molecular complexity index is 1120. The van der Waals surface area contributed by atoms with E-state index in [4.69, 9.17) is 0 Å². The van der Waals surface area contributed by atoms with Crippen LogP contribution in [-0.4, -0.2) is 53.5 Å². The number of carbonyl (C=O) groups is 2. The normalized spacial score (nSPS) is 21.1. The molecule has 4 rings (SSSR count). The summed E-state index contributed by atoms with van der Waals surface area (Å²) in [6, 6.07) is 5.64. The van der Waals surface area contributed by atoms with Crippen molar-refractivity contribution >= 4 is 54.0 Å². The Labute approximate surface area is 179 Å². The molecule has 2 aromatic rings. The van der Waals surface area contributed by atoms with Gasteiger partial charge in [0.1, 0.15) is 5.71 Å². The number of benzene rings is 1. The highest BCUT2D eigenvalue weighted by molar-refractivity contribution is 7.91. The van der Waals surface area contributed by atoms with Gasteiger partial charge in [0.05, 0.1) is 27.8 Å². The number of anilines is 1. The van der Waals surface area contributed by atoms with Gasteiger partial charge in [0.2, 0.25) is 5.91 Å². The first kappa shape index (κ1) is 20.9. The van der Waals surface area contributed by atoms with Gasteiger partial charge >= 0.3 is 0 Å². The Kier molecular flexibility index (Phi) is 5.88. The molecule has 1 aromatic carbocycles. The molecule has 1 aromatic heterocycles. The molecule has 0 saturated carbocycles. The maximum absolute atomic E-state index is 12.7. The van der Waals surface area contributed by atoms with E-state index in [-0.39, 0.29) is 36.0 Å². The highest BCUT2D eigenvalue weighted by Crippen LogP contribution is 2.28. The second-order valence-electron chi connectivity index (χ2n) is 7.72. The predicted molar refractivity (Wildman–Crippen MR) is 117 cm³/mol. The van der Waals surface area contributed by atoms with E-state index in [2.05, 4.69) is 34.5 Å². The molecule has 3 heterocycles. The molecule has 1 fully saturated rings. The van der Waals surface area contributed by atoms with Gasteiger partial charge in [-0.2, -0.15) is 5.10 Å². The molecule has 0 bridgehead atoms. The van der Waals surface area contributed by atoms with Gasteiger partial charge in [0, 0.05) is 12.8 Å². The van der Waals surface area contributed by atoms with E-state index in [0.29, 0.717) is 11.6 Å². The number of fused-ring (bicyclic) bond motifs is 1. The van der Waals surface area contributed by atoms with Crippen molar-refractivity contribution in [1.29, 1.82) is 0 Å². The number of thiazole rings is 1. The number of amides is 2. The molecule has 1 saturated heterocycles. The molecule has 1 N–H and O–H groups in total. The van der Waals surface area contributed by atoms with E-state index in [9.17, 15) is 18.0 Å². The lowest BCUT2D eigenvalue weighted by molar-refractivity contribution is -0.133. The summed E-state index contributed by atoms with van der Waals surface area (Å²) in [5.41, 5.74) is 2.30. The zero-order chi connectivity index (χ0) is 21.3. The van der Waals surface area contributed by atoms with Crippen molar-refractivity contribution in [2.75, 3.05) is 16.8 Å². The molecule has 1 atom stereocenters. The van der Waals surface area contributed by atoms with E-state index in [1.165, 1.54) is 21.9 Å². The van der Waals surface area contributed by atoms with E-state index < -0.39 is 21.8 Å². The first-order chi connectivity index (χ1) is 14.3. The van der Waals surface area contributed by atoms with E-state index in [0.717, 1.165) is 29.5 Å². The summed E-state index contributed by atoms with van der Waals surface area (Å²) in [6.07, 6.45) is 4.01.